The van der Waals surface area contributed by atoms with Gasteiger partial charge in [-0.3, -0.25) is 9.59 Å². The molecule has 1 N–H and O–H groups in total. The highest BCUT2D eigenvalue weighted by atomic mass is 32.1. The molecule has 0 bridgehead atoms. The van der Waals surface area contributed by atoms with E-state index in [9.17, 15) is 18.4 Å². The predicted molar refractivity (Wildman–Crippen MR) is 99.2 cm³/mol. The molecule has 1 amide bonds. The number of hydrogen-bond acceptors (Lipinski definition) is 4. The summed E-state index contributed by atoms with van der Waals surface area (Å²) in [6.07, 6.45) is 3.04. The second kappa shape index (κ2) is 8.61. The molecule has 1 aromatic carbocycles. The van der Waals surface area contributed by atoms with Gasteiger partial charge in [-0.2, -0.15) is 0 Å². The van der Waals surface area contributed by atoms with Crippen LogP contribution in [0.4, 0.5) is 8.78 Å². The molecular formula is C20H21F2NO3S. The number of ether oxygens (including phenoxy) is 1. The smallest absolute Gasteiger partial charge is 0.224 e. The molecule has 2 aromatic rings. The Morgan fingerprint density at radius 2 is 1.78 bits per heavy atom. The Bertz CT molecular complexity index is 808. The second-order valence-electron chi connectivity index (χ2n) is 6.82. The molecule has 1 heterocycles. The maximum Gasteiger partial charge on any atom is 0.224 e. The van der Waals surface area contributed by atoms with Crippen molar-refractivity contribution in [1.82, 2.24) is 5.32 Å². The Hall–Kier alpha value is -2.28. The summed E-state index contributed by atoms with van der Waals surface area (Å²) in [6, 6.07) is 4.98. The molecule has 1 aliphatic rings. The van der Waals surface area contributed by atoms with Crippen molar-refractivity contribution < 1.29 is 23.1 Å². The Balaban J connectivity index is 1.44. The van der Waals surface area contributed by atoms with Crippen LogP contribution in [0.5, 0.6) is 5.75 Å². The highest BCUT2D eigenvalue weighted by Gasteiger charge is 2.24. The maximum absolute atomic E-state index is 13.2. The minimum Gasteiger partial charge on any atom is -0.490 e. The molecule has 1 aromatic heterocycles. The van der Waals surface area contributed by atoms with E-state index in [1.54, 1.807) is 6.07 Å². The third-order valence-electron chi connectivity index (χ3n) is 4.54. The van der Waals surface area contributed by atoms with Crippen LogP contribution in [-0.4, -0.2) is 23.8 Å². The number of rotatable bonds is 6. The largest absolute Gasteiger partial charge is 0.490 e. The van der Waals surface area contributed by atoms with Crippen LogP contribution in [0.15, 0.2) is 29.6 Å². The van der Waals surface area contributed by atoms with Crippen LogP contribution in [-0.2, 0) is 11.2 Å². The summed E-state index contributed by atoms with van der Waals surface area (Å²) in [6.45, 7) is 1.51. The number of carbonyl (C=O) groups is 2. The quantitative estimate of drug-likeness (QED) is 0.746. The molecule has 1 aliphatic carbocycles. The highest BCUT2D eigenvalue weighted by Crippen LogP contribution is 2.25. The van der Waals surface area contributed by atoms with Gasteiger partial charge in [0.2, 0.25) is 5.91 Å². The lowest BCUT2D eigenvalue weighted by atomic mass is 9.92. The fraction of sp³-hybridized carbons (Fsp3) is 0.400. The molecule has 0 saturated heterocycles. The van der Waals surface area contributed by atoms with Crippen LogP contribution < -0.4 is 10.1 Å². The first kappa shape index (κ1) is 19.5. The van der Waals surface area contributed by atoms with Crippen molar-refractivity contribution in [1.29, 1.82) is 0 Å². The van der Waals surface area contributed by atoms with E-state index in [2.05, 4.69) is 5.32 Å². The van der Waals surface area contributed by atoms with Crippen LogP contribution in [0, 0.1) is 11.6 Å². The number of nitrogens with one attached hydrogen (secondary N) is 1. The van der Waals surface area contributed by atoms with Gasteiger partial charge in [0.1, 0.15) is 17.4 Å². The summed E-state index contributed by atoms with van der Waals surface area (Å²) in [5.74, 6) is -1.19. The first-order valence-corrected chi connectivity index (χ1v) is 9.77. The van der Waals surface area contributed by atoms with Crippen molar-refractivity contribution in [3.63, 3.8) is 0 Å². The Morgan fingerprint density at radius 1 is 1.11 bits per heavy atom. The average Bonchev–Trinajstić information content (AvgIpc) is 3.04. The zero-order valence-corrected chi connectivity index (χ0v) is 15.8. The summed E-state index contributed by atoms with van der Waals surface area (Å²) in [5.41, 5.74) is 0.841. The molecule has 0 unspecified atom stereocenters. The predicted octanol–water partition coefficient (Wildman–Crippen LogP) is 4.28. The number of hydrogen-bond donors (Lipinski definition) is 1. The van der Waals surface area contributed by atoms with E-state index < -0.39 is 11.6 Å². The number of Topliss-reactive ketones (excluding diaryl/α,β-unsaturated/α-hetero) is 1. The van der Waals surface area contributed by atoms with Gasteiger partial charge < -0.3 is 10.1 Å². The van der Waals surface area contributed by atoms with Crippen LogP contribution in [0.25, 0.3) is 0 Å². The summed E-state index contributed by atoms with van der Waals surface area (Å²) in [4.78, 5) is 24.2. The number of ketones is 1. The first-order chi connectivity index (χ1) is 12.9. The summed E-state index contributed by atoms with van der Waals surface area (Å²) in [7, 11) is 0. The fourth-order valence-electron chi connectivity index (χ4n) is 3.23. The van der Waals surface area contributed by atoms with Gasteiger partial charge in [0.25, 0.3) is 0 Å². The van der Waals surface area contributed by atoms with Crippen LogP contribution in [0.1, 0.15) is 47.8 Å². The highest BCUT2D eigenvalue weighted by molar-refractivity contribution is 7.12. The standard InChI is InChI=1S/C20H21F2NO3S/c1-12(24)19-6-13(11-27-19)7-20(25)23-16-2-4-17(5-3-16)26-18-9-14(21)8-15(22)10-18/h6,8-11,16-17H,2-5,7H2,1H3,(H,23,25). The van der Waals surface area contributed by atoms with Crippen molar-refractivity contribution in [3.05, 3.63) is 51.7 Å². The van der Waals surface area contributed by atoms with Gasteiger partial charge in [-0.15, -0.1) is 11.3 Å². The Morgan fingerprint density at radius 3 is 2.37 bits per heavy atom. The minimum atomic E-state index is -0.660. The lowest BCUT2D eigenvalue weighted by Crippen LogP contribution is -2.40. The van der Waals surface area contributed by atoms with Gasteiger partial charge in [0.15, 0.2) is 5.78 Å². The molecule has 0 aliphatic heterocycles. The van der Waals surface area contributed by atoms with Gasteiger partial charge in [-0.05, 0) is 49.6 Å². The van der Waals surface area contributed by atoms with Gasteiger partial charge in [-0.1, -0.05) is 0 Å². The molecule has 1 saturated carbocycles. The molecule has 4 nitrogen and oxygen atoms in total. The molecule has 0 spiro atoms. The Labute approximate surface area is 160 Å². The second-order valence-corrected chi connectivity index (χ2v) is 7.73. The number of benzene rings is 1. The van der Waals surface area contributed by atoms with E-state index in [1.165, 1.54) is 30.4 Å². The van der Waals surface area contributed by atoms with Gasteiger partial charge in [0.05, 0.1) is 17.4 Å². The molecular weight excluding hydrogens is 372 g/mol. The number of amides is 1. The molecule has 7 heteroatoms. The Kier molecular flexibility index (Phi) is 6.21. The van der Waals surface area contributed by atoms with Crippen molar-refractivity contribution >= 4 is 23.0 Å². The summed E-state index contributed by atoms with van der Waals surface area (Å²) >= 11 is 1.35. The molecule has 3 rings (SSSR count). The lowest BCUT2D eigenvalue weighted by Gasteiger charge is -2.29. The average molecular weight is 393 g/mol. The molecule has 1 fully saturated rings. The van der Waals surface area contributed by atoms with Crippen molar-refractivity contribution in [2.45, 2.75) is 51.2 Å². The van der Waals surface area contributed by atoms with E-state index >= 15 is 0 Å². The van der Waals surface area contributed by atoms with Crippen LogP contribution >= 0.6 is 11.3 Å². The van der Waals surface area contributed by atoms with E-state index in [1.807, 2.05) is 5.38 Å². The normalized spacial score (nSPS) is 19.5. The van der Waals surface area contributed by atoms with Crippen LogP contribution in [0.3, 0.4) is 0 Å². The third kappa shape index (κ3) is 5.60. The SMILES string of the molecule is CC(=O)c1cc(CC(=O)NC2CCC(Oc3cc(F)cc(F)c3)CC2)cs1. The zero-order chi connectivity index (χ0) is 19.4. The molecule has 144 valence electrons. The zero-order valence-electron chi connectivity index (χ0n) is 15.0. The minimum absolute atomic E-state index is 0.00293. The maximum atomic E-state index is 13.2. The van der Waals surface area contributed by atoms with Gasteiger partial charge in [-0.25, -0.2) is 8.78 Å². The molecule has 0 radical (unpaired) electrons. The fourth-order valence-corrected chi connectivity index (χ4v) is 4.05. The van der Waals surface area contributed by atoms with E-state index in [0.717, 1.165) is 24.5 Å². The molecule has 27 heavy (non-hydrogen) atoms. The molecule has 0 atom stereocenters. The number of thiophene rings is 1. The van der Waals surface area contributed by atoms with Crippen molar-refractivity contribution in [2.75, 3.05) is 0 Å². The lowest BCUT2D eigenvalue weighted by molar-refractivity contribution is -0.121. The van der Waals surface area contributed by atoms with Crippen molar-refractivity contribution in [2.24, 2.45) is 0 Å². The van der Waals surface area contributed by atoms with Crippen LogP contribution in [0.2, 0.25) is 0 Å². The summed E-state index contributed by atoms with van der Waals surface area (Å²) < 4.78 is 32.1. The van der Waals surface area contributed by atoms with E-state index in [0.29, 0.717) is 17.7 Å². The summed E-state index contributed by atoms with van der Waals surface area (Å²) in [5, 5.41) is 4.85. The van der Waals surface area contributed by atoms with E-state index in [-0.39, 0.29) is 36.0 Å². The van der Waals surface area contributed by atoms with E-state index in [4.69, 9.17) is 4.74 Å². The monoisotopic (exact) mass is 393 g/mol. The topological polar surface area (TPSA) is 55.4 Å². The number of halogens is 2. The first-order valence-electron chi connectivity index (χ1n) is 8.89. The number of carbonyl (C=O) groups excluding carboxylic acids is 2. The third-order valence-corrected chi connectivity index (χ3v) is 5.62. The van der Waals surface area contributed by atoms with Gasteiger partial charge in [0, 0.05) is 24.2 Å². The van der Waals surface area contributed by atoms with Gasteiger partial charge >= 0.3 is 0 Å². The van der Waals surface area contributed by atoms with Crippen molar-refractivity contribution in [3.8, 4) is 5.75 Å².